The Kier molecular flexibility index (Phi) is 10.1. The maximum atomic E-state index is 13.8. The van der Waals surface area contributed by atoms with Crippen molar-refractivity contribution >= 4 is 40.8 Å². The summed E-state index contributed by atoms with van der Waals surface area (Å²) < 4.78 is 3.74. The zero-order chi connectivity index (χ0) is 39.5. The molecule has 2 bridgehead atoms. The Morgan fingerprint density at radius 1 is 0.839 bits per heavy atom. The van der Waals surface area contributed by atoms with Gasteiger partial charge in [0.1, 0.15) is 0 Å². The Hall–Kier alpha value is -4.56. The number of nitrogens with zero attached hydrogens (tertiary/aromatic N) is 6. The number of carbonyl (C=O) groups excluding carboxylic acids is 2. The number of halogens is 1. The number of amides is 2. The van der Waals surface area contributed by atoms with Gasteiger partial charge in [-0.2, -0.15) is 0 Å². The van der Waals surface area contributed by atoms with Gasteiger partial charge < -0.3 is 30.0 Å². The molecular weight excluding hydrogens is 732 g/mol. The van der Waals surface area contributed by atoms with Gasteiger partial charge >= 0.3 is 5.97 Å². The quantitative estimate of drug-likeness (QED) is 0.147. The van der Waals surface area contributed by atoms with E-state index in [4.69, 9.17) is 16.6 Å². The summed E-state index contributed by atoms with van der Waals surface area (Å²) in [5, 5.41) is 26.1. The van der Waals surface area contributed by atoms with Crippen LogP contribution in [0.2, 0.25) is 5.02 Å². The normalized spacial score (nSPS) is 22.5. The van der Waals surface area contributed by atoms with Gasteiger partial charge in [-0.15, -0.1) is 0 Å². The highest BCUT2D eigenvalue weighted by Crippen LogP contribution is 2.63. The molecule has 2 amide bonds. The first-order chi connectivity index (χ1) is 26.8. The molecule has 2 fully saturated rings. The van der Waals surface area contributed by atoms with Crippen molar-refractivity contribution in [2.24, 2.45) is 24.9 Å². The maximum Gasteiger partial charge on any atom is 0.309 e. The van der Waals surface area contributed by atoms with Crippen molar-refractivity contribution in [1.29, 1.82) is 0 Å². The molecular formula is C42H51ClN8O5. The van der Waals surface area contributed by atoms with Crippen molar-refractivity contribution in [3.8, 4) is 11.1 Å². The van der Waals surface area contributed by atoms with E-state index in [9.17, 15) is 24.6 Å². The zero-order valence-corrected chi connectivity index (χ0v) is 33.4. The lowest BCUT2D eigenvalue weighted by molar-refractivity contribution is -0.148. The van der Waals surface area contributed by atoms with E-state index in [2.05, 4.69) is 25.4 Å². The van der Waals surface area contributed by atoms with Crippen LogP contribution in [-0.2, 0) is 44.8 Å². The standard InChI is InChI=1S/C42H51ClN8O5/c1-25(52)21-51-19-12-34-32(23-51)45-37(49(34)4)39(54)47-30-10-6-8-28(35(30)43)27-7-5-9-29(26(27)2)46-38(53)36-44-31-22-50(18-11-33(31)48(36)3)20-17-41-13-15-42(24-41,16-14-41)40(55)56/h5-10,25,52H,11-24H2,1-4H3,(H,46,53)(H,47,54)(H,55,56). The summed E-state index contributed by atoms with van der Waals surface area (Å²) in [6.45, 7) is 8.06. The number of rotatable bonds is 11. The van der Waals surface area contributed by atoms with Crippen LogP contribution in [0.25, 0.3) is 11.1 Å². The number of fused-ring (bicyclic) bond motifs is 4. The summed E-state index contributed by atoms with van der Waals surface area (Å²) in [4.78, 5) is 53.4. The van der Waals surface area contributed by atoms with Gasteiger partial charge in [0, 0.05) is 82.3 Å². The van der Waals surface area contributed by atoms with Crippen LogP contribution in [-0.4, -0.2) is 89.2 Å². The monoisotopic (exact) mass is 782 g/mol. The Morgan fingerprint density at radius 3 is 1.98 bits per heavy atom. The van der Waals surface area contributed by atoms with Gasteiger partial charge in [-0.25, -0.2) is 9.97 Å². The highest BCUT2D eigenvalue weighted by Gasteiger charge is 2.57. The van der Waals surface area contributed by atoms with E-state index in [1.54, 1.807) is 13.0 Å². The van der Waals surface area contributed by atoms with Crippen molar-refractivity contribution in [2.75, 3.05) is 36.8 Å². The van der Waals surface area contributed by atoms with Gasteiger partial charge in [0.2, 0.25) is 0 Å². The number of hydrogen-bond acceptors (Lipinski definition) is 8. The number of β-amino-alcohol motifs (C(OH)–C–C–N with tert-alkyl or cyclic N) is 1. The van der Waals surface area contributed by atoms with Crippen molar-refractivity contribution in [3.63, 3.8) is 0 Å². The SMILES string of the molecule is Cc1c(NC(=O)c2nc3c(n2C)CCN(CCC24CCC(C(=O)O)(CC2)C4)C3)cccc1-c1cccc(NC(=O)c2nc3c(n2C)CCN(CC(C)O)C3)c1Cl. The molecule has 1 atom stereocenters. The van der Waals surface area contributed by atoms with Crippen LogP contribution in [0, 0.1) is 17.8 Å². The van der Waals surface area contributed by atoms with Gasteiger partial charge in [-0.1, -0.05) is 35.9 Å². The number of carboxylic acid groups (broad SMARTS) is 1. The third-order valence-electron chi connectivity index (χ3n) is 13.1. The van der Waals surface area contributed by atoms with E-state index >= 15 is 0 Å². The number of imidazole rings is 2. The first kappa shape index (κ1) is 38.3. The molecule has 2 aliphatic carbocycles. The van der Waals surface area contributed by atoms with Crippen molar-refractivity contribution < 1.29 is 24.6 Å². The molecule has 2 aromatic carbocycles. The molecule has 0 radical (unpaired) electrons. The number of carboxylic acids is 1. The van der Waals surface area contributed by atoms with Crippen LogP contribution in [0.1, 0.15) is 95.0 Å². The number of aliphatic hydroxyl groups is 1. The van der Waals surface area contributed by atoms with Gasteiger partial charge in [-0.05, 0) is 87.6 Å². The zero-order valence-electron chi connectivity index (χ0n) is 32.6. The summed E-state index contributed by atoms with van der Waals surface area (Å²) >= 11 is 7.00. The predicted octanol–water partition coefficient (Wildman–Crippen LogP) is 5.81. The van der Waals surface area contributed by atoms with Crippen LogP contribution in [0.5, 0.6) is 0 Å². The smallest absolute Gasteiger partial charge is 0.309 e. The highest BCUT2D eigenvalue weighted by atomic mass is 35.5. The molecule has 4 aromatic rings. The molecule has 2 saturated carbocycles. The number of aliphatic hydroxyl groups excluding tert-OH is 1. The van der Waals surface area contributed by atoms with Crippen LogP contribution in [0.3, 0.4) is 0 Å². The molecule has 0 spiro atoms. The van der Waals surface area contributed by atoms with E-state index in [-0.39, 0.29) is 17.2 Å². The van der Waals surface area contributed by atoms with Crippen molar-refractivity contribution in [3.05, 3.63) is 81.4 Å². The van der Waals surface area contributed by atoms with Crippen LogP contribution >= 0.6 is 11.6 Å². The number of hydrogen-bond donors (Lipinski definition) is 4. The van der Waals surface area contributed by atoms with Crippen LogP contribution < -0.4 is 10.6 Å². The minimum Gasteiger partial charge on any atom is -0.481 e. The second-order valence-corrected chi connectivity index (χ2v) is 17.1. The average molecular weight is 783 g/mol. The summed E-state index contributed by atoms with van der Waals surface area (Å²) in [7, 11) is 3.75. The Morgan fingerprint density at radius 2 is 1.39 bits per heavy atom. The molecule has 0 saturated heterocycles. The topological polar surface area (TPSA) is 158 Å². The summed E-state index contributed by atoms with van der Waals surface area (Å²) in [5.41, 5.74) is 6.90. The molecule has 296 valence electrons. The van der Waals surface area contributed by atoms with Crippen LogP contribution in [0.15, 0.2) is 36.4 Å². The summed E-state index contributed by atoms with van der Waals surface area (Å²) in [6.07, 6.45) is 6.49. The molecule has 8 rings (SSSR count). The van der Waals surface area contributed by atoms with Crippen LogP contribution in [0.4, 0.5) is 11.4 Å². The molecule has 4 aliphatic rings. The minimum atomic E-state index is -0.623. The van der Waals surface area contributed by atoms with E-state index < -0.39 is 17.5 Å². The molecule has 1 unspecified atom stereocenters. The number of anilines is 2. The Balaban J connectivity index is 0.938. The third kappa shape index (κ3) is 6.92. The van der Waals surface area contributed by atoms with Crippen molar-refractivity contribution in [2.45, 2.75) is 84.4 Å². The molecule has 56 heavy (non-hydrogen) atoms. The fourth-order valence-electron chi connectivity index (χ4n) is 9.90. The lowest BCUT2D eigenvalue weighted by Gasteiger charge is -2.32. The maximum absolute atomic E-state index is 13.8. The minimum absolute atomic E-state index is 0.142. The molecule has 4 heterocycles. The first-order valence-corrected chi connectivity index (χ1v) is 20.1. The summed E-state index contributed by atoms with van der Waals surface area (Å²) in [6, 6.07) is 11.2. The fourth-order valence-corrected chi connectivity index (χ4v) is 10.2. The van der Waals surface area contributed by atoms with E-state index in [1.807, 2.05) is 60.5 Å². The average Bonchev–Trinajstić information content (AvgIpc) is 3.92. The Bertz CT molecular complexity index is 2220. The van der Waals surface area contributed by atoms with Gasteiger partial charge in [-0.3, -0.25) is 24.2 Å². The highest BCUT2D eigenvalue weighted by molar-refractivity contribution is 6.36. The molecule has 2 aromatic heterocycles. The van der Waals surface area contributed by atoms with Gasteiger partial charge in [0.25, 0.3) is 11.8 Å². The fraction of sp³-hybridized carbons (Fsp3) is 0.500. The first-order valence-electron chi connectivity index (χ1n) is 19.7. The second kappa shape index (κ2) is 14.7. The van der Waals surface area contributed by atoms with Gasteiger partial charge in [0.15, 0.2) is 11.6 Å². The number of aromatic nitrogens is 4. The van der Waals surface area contributed by atoms with E-state index in [0.717, 1.165) is 105 Å². The number of benzene rings is 2. The largest absolute Gasteiger partial charge is 0.481 e. The van der Waals surface area contributed by atoms with Gasteiger partial charge in [0.05, 0.1) is 33.6 Å². The molecule has 14 heteroatoms. The molecule has 13 nitrogen and oxygen atoms in total. The predicted molar refractivity (Wildman–Crippen MR) is 214 cm³/mol. The Labute approximate surface area is 332 Å². The molecule has 2 aliphatic heterocycles. The van der Waals surface area contributed by atoms with E-state index in [0.29, 0.717) is 53.2 Å². The third-order valence-corrected chi connectivity index (χ3v) is 13.5. The summed E-state index contributed by atoms with van der Waals surface area (Å²) in [5.74, 6) is -0.634. The van der Waals surface area contributed by atoms with E-state index in [1.165, 1.54) is 0 Å². The number of aliphatic carboxylic acids is 1. The molecule has 4 N–H and O–H groups in total. The number of nitrogens with one attached hydrogen (secondary N) is 2. The lowest BCUT2D eigenvalue weighted by Crippen LogP contribution is -2.36. The second-order valence-electron chi connectivity index (χ2n) is 16.7. The van der Waals surface area contributed by atoms with Crippen molar-refractivity contribution in [1.82, 2.24) is 28.9 Å². The number of carbonyl (C=O) groups is 3. The lowest BCUT2D eigenvalue weighted by atomic mass is 9.80.